The Kier molecular flexibility index (Phi) is 11.3. The molecule has 0 saturated heterocycles. The fraction of sp³-hybridized carbons (Fsp3) is 0.250. The number of nitrogens with zero attached hydrogens (tertiary/aromatic N) is 1. The fourth-order valence-corrected chi connectivity index (χ4v) is 12.3. The lowest BCUT2D eigenvalue weighted by Gasteiger charge is -2.36. The number of anilines is 3. The van der Waals surface area contributed by atoms with Gasteiger partial charge in [0, 0.05) is 17.1 Å². The summed E-state index contributed by atoms with van der Waals surface area (Å²) in [7, 11) is 0. The Balaban J connectivity index is 1.19. The third-order valence-corrected chi connectivity index (χ3v) is 16.3. The molecule has 0 saturated carbocycles. The molecule has 0 heterocycles. The van der Waals surface area contributed by atoms with Crippen molar-refractivity contribution >= 4 is 17.1 Å². The molecule has 0 spiro atoms. The zero-order valence-electron chi connectivity index (χ0n) is 45.2. The molecular weight excluding hydrogens is 879 g/mol. The smallest absolute Gasteiger partial charge is 0.0714 e. The number of hydrogen-bond acceptors (Lipinski definition) is 1. The Bertz CT molecular complexity index is 3430. The van der Waals surface area contributed by atoms with E-state index in [1.807, 2.05) is 0 Å². The average molecular weight is 950 g/mol. The Morgan fingerprint density at radius 3 is 0.863 bits per heavy atom. The molecule has 2 aliphatic rings. The number of rotatable bonds is 7. The monoisotopic (exact) mass is 950 g/mol. The second-order valence-electron chi connectivity index (χ2n) is 25.0. The topological polar surface area (TPSA) is 3.24 Å². The fourth-order valence-electron chi connectivity index (χ4n) is 12.3. The van der Waals surface area contributed by atoms with Crippen molar-refractivity contribution in [1.82, 2.24) is 0 Å². The molecule has 1 unspecified atom stereocenters. The molecule has 9 aromatic rings. The Morgan fingerprint density at radius 2 is 0.521 bits per heavy atom. The van der Waals surface area contributed by atoms with Gasteiger partial charge in [0.25, 0.3) is 0 Å². The van der Waals surface area contributed by atoms with Gasteiger partial charge in [0.1, 0.15) is 0 Å². The van der Waals surface area contributed by atoms with E-state index in [9.17, 15) is 0 Å². The first-order valence-corrected chi connectivity index (χ1v) is 26.5. The molecule has 0 bridgehead atoms. The van der Waals surface area contributed by atoms with Gasteiger partial charge in [0.05, 0.1) is 10.8 Å². The zero-order valence-corrected chi connectivity index (χ0v) is 45.2. The molecule has 9 aromatic carbocycles. The van der Waals surface area contributed by atoms with E-state index < -0.39 is 10.8 Å². The Morgan fingerprint density at radius 1 is 0.247 bits per heavy atom. The SMILES string of the molecule is CC(C)(C)c1ccc(N(c2ccc3c(c2)C(c2ccccc2)(c2ccc(C(C)(C)C)cc2)c2ccccc2-3)c2ccc3c(c2)C(c2ccc(C(C)(C)C)cc2)(c2ccc(C(C)(C)C)cc2)c2ccccc2-3)cc1. The summed E-state index contributed by atoms with van der Waals surface area (Å²) < 4.78 is 0. The van der Waals surface area contributed by atoms with Crippen molar-refractivity contribution in [3.8, 4) is 22.3 Å². The maximum atomic E-state index is 2.53. The van der Waals surface area contributed by atoms with Crippen LogP contribution in [0.2, 0.25) is 0 Å². The van der Waals surface area contributed by atoms with Crippen LogP contribution in [0.25, 0.3) is 22.3 Å². The van der Waals surface area contributed by atoms with Crippen LogP contribution in [0.1, 0.15) is 150 Å². The van der Waals surface area contributed by atoms with Gasteiger partial charge < -0.3 is 4.90 Å². The maximum absolute atomic E-state index is 2.53. The van der Waals surface area contributed by atoms with E-state index in [4.69, 9.17) is 0 Å². The van der Waals surface area contributed by atoms with Crippen molar-refractivity contribution in [2.75, 3.05) is 4.90 Å². The molecule has 0 radical (unpaired) electrons. The van der Waals surface area contributed by atoms with Crippen LogP contribution >= 0.6 is 0 Å². The van der Waals surface area contributed by atoms with Gasteiger partial charge >= 0.3 is 0 Å². The summed E-state index contributed by atoms with van der Waals surface area (Å²) in [5.41, 5.74) is 23.0. The first kappa shape index (κ1) is 48.1. The van der Waals surface area contributed by atoms with Crippen molar-refractivity contribution in [1.29, 1.82) is 0 Å². The number of fused-ring (bicyclic) bond motifs is 6. The molecule has 0 amide bonds. The van der Waals surface area contributed by atoms with Gasteiger partial charge in [-0.1, -0.05) is 259 Å². The van der Waals surface area contributed by atoms with Crippen molar-refractivity contribution in [3.05, 3.63) is 279 Å². The summed E-state index contributed by atoms with van der Waals surface area (Å²) in [5.74, 6) is 0. The van der Waals surface area contributed by atoms with Gasteiger partial charge in [-0.25, -0.2) is 0 Å². The van der Waals surface area contributed by atoms with Crippen LogP contribution in [0.5, 0.6) is 0 Å². The summed E-state index contributed by atoms with van der Waals surface area (Å²) in [5, 5.41) is 0. The third-order valence-electron chi connectivity index (χ3n) is 16.3. The minimum absolute atomic E-state index is 0.00452. The van der Waals surface area contributed by atoms with Crippen LogP contribution < -0.4 is 4.90 Å². The zero-order chi connectivity index (χ0) is 51.3. The highest BCUT2D eigenvalue weighted by Gasteiger charge is 2.48. The first-order valence-electron chi connectivity index (χ1n) is 26.5. The molecule has 73 heavy (non-hydrogen) atoms. The molecule has 1 nitrogen and oxygen atoms in total. The van der Waals surface area contributed by atoms with Gasteiger partial charge in [-0.05, 0) is 147 Å². The largest absolute Gasteiger partial charge is 0.310 e. The molecule has 1 atom stereocenters. The molecule has 11 rings (SSSR count). The Labute approximate surface area is 436 Å². The van der Waals surface area contributed by atoms with Crippen molar-refractivity contribution in [3.63, 3.8) is 0 Å². The van der Waals surface area contributed by atoms with E-state index in [2.05, 4.69) is 300 Å². The molecule has 0 N–H and O–H groups in total. The van der Waals surface area contributed by atoms with Crippen molar-refractivity contribution in [2.45, 2.75) is 116 Å². The highest BCUT2D eigenvalue weighted by atomic mass is 15.1. The third kappa shape index (κ3) is 7.81. The van der Waals surface area contributed by atoms with Crippen molar-refractivity contribution < 1.29 is 0 Å². The van der Waals surface area contributed by atoms with E-state index in [-0.39, 0.29) is 21.7 Å². The molecule has 0 fully saturated rings. The summed E-state index contributed by atoms with van der Waals surface area (Å²) in [6.45, 7) is 27.7. The minimum Gasteiger partial charge on any atom is -0.310 e. The van der Waals surface area contributed by atoms with Gasteiger partial charge in [-0.3, -0.25) is 0 Å². The van der Waals surface area contributed by atoms with E-state index >= 15 is 0 Å². The second kappa shape index (κ2) is 17.2. The van der Waals surface area contributed by atoms with E-state index in [0.29, 0.717) is 0 Å². The highest BCUT2D eigenvalue weighted by molar-refractivity contribution is 5.92. The molecule has 364 valence electrons. The normalized spacial score (nSPS) is 15.8. The number of hydrogen-bond donors (Lipinski definition) is 0. The lowest BCUT2D eigenvalue weighted by Crippen LogP contribution is -2.29. The predicted octanol–water partition coefficient (Wildman–Crippen LogP) is 19.1. The maximum Gasteiger partial charge on any atom is 0.0714 e. The summed E-state index contributed by atoms with van der Waals surface area (Å²) in [4.78, 5) is 2.52. The van der Waals surface area contributed by atoms with Gasteiger partial charge in [0.15, 0.2) is 0 Å². The van der Waals surface area contributed by atoms with Crippen LogP contribution in [0.4, 0.5) is 17.1 Å². The van der Waals surface area contributed by atoms with Crippen LogP contribution in [0.15, 0.2) is 212 Å². The lowest BCUT2D eigenvalue weighted by molar-refractivity contribution is 0.588. The molecule has 1 heteroatoms. The summed E-state index contributed by atoms with van der Waals surface area (Å²) >= 11 is 0. The highest BCUT2D eigenvalue weighted by Crippen LogP contribution is 2.60. The van der Waals surface area contributed by atoms with Crippen molar-refractivity contribution in [2.24, 2.45) is 0 Å². The van der Waals surface area contributed by atoms with E-state index in [1.54, 1.807) is 0 Å². The van der Waals surface area contributed by atoms with Crippen LogP contribution in [0, 0.1) is 0 Å². The average Bonchev–Trinajstić information content (AvgIpc) is 3.84. The lowest BCUT2D eigenvalue weighted by atomic mass is 9.66. The summed E-state index contributed by atoms with van der Waals surface area (Å²) in [6, 6.07) is 82.0. The molecule has 0 aromatic heterocycles. The second-order valence-corrected chi connectivity index (χ2v) is 25.0. The van der Waals surface area contributed by atoms with Gasteiger partial charge in [0.2, 0.25) is 0 Å². The predicted molar refractivity (Wildman–Crippen MR) is 311 cm³/mol. The summed E-state index contributed by atoms with van der Waals surface area (Å²) in [6.07, 6.45) is 0. The molecule has 2 aliphatic carbocycles. The Hall–Kier alpha value is -7.22. The van der Waals surface area contributed by atoms with Gasteiger partial charge in [-0.2, -0.15) is 0 Å². The van der Waals surface area contributed by atoms with E-state index in [1.165, 1.54) is 89.0 Å². The van der Waals surface area contributed by atoms with E-state index in [0.717, 1.165) is 17.1 Å². The minimum atomic E-state index is -0.586. The first-order chi connectivity index (χ1) is 34.7. The molecular formula is C72H71N. The quantitative estimate of drug-likeness (QED) is 0.154. The van der Waals surface area contributed by atoms with Crippen LogP contribution in [0.3, 0.4) is 0 Å². The molecule has 0 aliphatic heterocycles. The van der Waals surface area contributed by atoms with Crippen LogP contribution in [-0.2, 0) is 32.5 Å². The number of benzene rings is 9. The standard InChI is InChI=1S/C72H71N/c1-67(2,3)48-26-32-53(33-27-48)71(52-20-14-13-15-21-52)63-24-18-16-22-59(63)61-44-42-57(46-65(61)71)73(56-40-38-51(39-41-56)70(10,11)12)58-43-45-62-60-23-17-19-25-64(60)72(66(62)47-58,54-34-28-49(29-35-54)68(4,5)6)55-36-30-50(31-37-55)69(7,8)9/h13-47H,1-12H3. The van der Waals surface area contributed by atoms with Gasteiger partial charge in [-0.15, -0.1) is 0 Å². The van der Waals surface area contributed by atoms with Crippen LogP contribution in [-0.4, -0.2) is 0 Å².